The lowest BCUT2D eigenvalue weighted by Gasteiger charge is -2.27. The maximum Gasteiger partial charge on any atom is 0.326 e. The lowest BCUT2D eigenvalue weighted by molar-refractivity contribution is -0.144. The highest BCUT2D eigenvalue weighted by Crippen LogP contribution is 2.07. The fourth-order valence-electron chi connectivity index (χ4n) is 2.58. The summed E-state index contributed by atoms with van der Waals surface area (Å²) in [4.78, 5) is 70.2. The van der Waals surface area contributed by atoms with E-state index >= 15 is 0 Å². The van der Waals surface area contributed by atoms with Gasteiger partial charge in [-0.05, 0) is 19.3 Å². The number of amides is 4. The molecule has 5 unspecified atom stereocenters. The van der Waals surface area contributed by atoms with Gasteiger partial charge in [-0.25, -0.2) is 4.79 Å². The highest BCUT2D eigenvalue weighted by atomic mass is 16.4. The van der Waals surface area contributed by atoms with Crippen molar-refractivity contribution in [2.75, 3.05) is 0 Å². The largest absolute Gasteiger partial charge is 0.481 e. The van der Waals surface area contributed by atoms with Gasteiger partial charge in [-0.1, -0.05) is 13.8 Å². The molecule has 0 bridgehead atoms. The van der Waals surface area contributed by atoms with E-state index in [1.165, 1.54) is 0 Å². The van der Waals surface area contributed by atoms with Gasteiger partial charge < -0.3 is 42.7 Å². The fourth-order valence-corrected chi connectivity index (χ4v) is 2.58. The molecule has 0 rings (SSSR count). The molecule has 14 heteroatoms. The fraction of sp³-hybridized carbons (Fsp3) is 0.667. The standard InChI is InChI=1S/C18H31N5O9/c1-7(2)4-10(21-15(28)9(19)5-13(26)27)16(29)23-14(8(3)24)17(30)22-11(18(31)32)6-12(20)25/h7-11,14,24H,4-6,19H2,1-3H3,(H2,20,25)(H,21,28)(H,22,30)(H,23,29)(H,26,27)(H,31,32). The van der Waals surface area contributed by atoms with Crippen LogP contribution in [0.2, 0.25) is 0 Å². The van der Waals surface area contributed by atoms with Crippen molar-refractivity contribution in [3.63, 3.8) is 0 Å². The first-order chi connectivity index (χ1) is 14.6. The molecule has 32 heavy (non-hydrogen) atoms. The number of primary amides is 1. The summed E-state index contributed by atoms with van der Waals surface area (Å²) in [5, 5.41) is 34.3. The third-order valence-electron chi connectivity index (χ3n) is 4.15. The quantitative estimate of drug-likeness (QED) is 0.127. The van der Waals surface area contributed by atoms with Crippen molar-refractivity contribution < 1.29 is 44.1 Å². The van der Waals surface area contributed by atoms with Crippen LogP contribution in [0.25, 0.3) is 0 Å². The molecular weight excluding hydrogens is 430 g/mol. The highest BCUT2D eigenvalue weighted by molar-refractivity contribution is 5.95. The van der Waals surface area contributed by atoms with E-state index in [9.17, 15) is 33.9 Å². The van der Waals surface area contributed by atoms with E-state index in [2.05, 4.69) is 10.6 Å². The minimum atomic E-state index is -1.68. The van der Waals surface area contributed by atoms with Gasteiger partial charge in [-0.3, -0.25) is 24.0 Å². The minimum absolute atomic E-state index is 0.0882. The number of carboxylic acid groups (broad SMARTS) is 2. The van der Waals surface area contributed by atoms with Gasteiger partial charge in [0, 0.05) is 0 Å². The molecule has 0 aliphatic carbocycles. The molecule has 14 nitrogen and oxygen atoms in total. The van der Waals surface area contributed by atoms with Gasteiger partial charge in [0.15, 0.2) is 0 Å². The van der Waals surface area contributed by atoms with E-state index < -0.39 is 78.7 Å². The Hall–Kier alpha value is -3.26. The Kier molecular flexibility index (Phi) is 11.9. The molecule has 0 aliphatic rings. The summed E-state index contributed by atoms with van der Waals surface area (Å²) in [7, 11) is 0. The summed E-state index contributed by atoms with van der Waals surface area (Å²) in [6.07, 6.45) is -2.77. The Morgan fingerprint density at radius 1 is 0.812 bits per heavy atom. The van der Waals surface area contributed by atoms with Crippen LogP contribution in [-0.4, -0.2) is 81.2 Å². The van der Waals surface area contributed by atoms with Gasteiger partial charge in [-0.2, -0.15) is 0 Å². The van der Waals surface area contributed by atoms with E-state index in [0.717, 1.165) is 6.92 Å². The van der Waals surface area contributed by atoms with Crippen LogP contribution in [0.1, 0.15) is 40.0 Å². The van der Waals surface area contributed by atoms with Crippen molar-refractivity contribution in [2.24, 2.45) is 17.4 Å². The van der Waals surface area contributed by atoms with Crippen LogP contribution in [0, 0.1) is 5.92 Å². The van der Waals surface area contributed by atoms with Gasteiger partial charge in [0.1, 0.15) is 18.1 Å². The Morgan fingerprint density at radius 2 is 1.34 bits per heavy atom. The van der Waals surface area contributed by atoms with Crippen LogP contribution < -0.4 is 27.4 Å². The number of rotatable bonds is 14. The van der Waals surface area contributed by atoms with Gasteiger partial charge >= 0.3 is 11.9 Å². The molecule has 0 aliphatic heterocycles. The van der Waals surface area contributed by atoms with Crippen molar-refractivity contribution in [3.05, 3.63) is 0 Å². The second-order valence-electron chi connectivity index (χ2n) is 7.69. The van der Waals surface area contributed by atoms with E-state index in [4.69, 9.17) is 21.7 Å². The predicted molar refractivity (Wildman–Crippen MR) is 109 cm³/mol. The number of hydrogen-bond acceptors (Lipinski definition) is 8. The van der Waals surface area contributed by atoms with Crippen molar-refractivity contribution in [3.8, 4) is 0 Å². The molecule has 10 N–H and O–H groups in total. The van der Waals surface area contributed by atoms with Gasteiger partial charge in [0.05, 0.1) is 25.0 Å². The molecule has 0 saturated heterocycles. The molecule has 0 aromatic carbocycles. The van der Waals surface area contributed by atoms with E-state index in [1.54, 1.807) is 13.8 Å². The van der Waals surface area contributed by atoms with Crippen molar-refractivity contribution in [1.82, 2.24) is 16.0 Å². The number of aliphatic carboxylic acids is 2. The van der Waals surface area contributed by atoms with Crippen LogP contribution in [-0.2, 0) is 28.8 Å². The second-order valence-corrected chi connectivity index (χ2v) is 7.69. The second kappa shape index (κ2) is 13.2. The van der Waals surface area contributed by atoms with Gasteiger partial charge in [-0.15, -0.1) is 0 Å². The van der Waals surface area contributed by atoms with Gasteiger partial charge in [0.2, 0.25) is 23.6 Å². The smallest absolute Gasteiger partial charge is 0.326 e. The lowest BCUT2D eigenvalue weighted by Crippen LogP contribution is -2.60. The number of carbonyl (C=O) groups excluding carboxylic acids is 4. The van der Waals surface area contributed by atoms with Gasteiger partial charge in [0.25, 0.3) is 0 Å². The van der Waals surface area contributed by atoms with Crippen molar-refractivity contribution in [1.29, 1.82) is 0 Å². The van der Waals surface area contributed by atoms with E-state index in [0.29, 0.717) is 0 Å². The average Bonchev–Trinajstić information content (AvgIpc) is 2.62. The third kappa shape index (κ3) is 10.7. The van der Waals surface area contributed by atoms with E-state index in [-0.39, 0.29) is 12.3 Å². The molecule has 0 radical (unpaired) electrons. The third-order valence-corrected chi connectivity index (χ3v) is 4.15. The molecular formula is C18H31N5O9. The summed E-state index contributed by atoms with van der Waals surface area (Å²) >= 11 is 0. The Morgan fingerprint density at radius 3 is 1.75 bits per heavy atom. The number of aliphatic hydroxyl groups excluding tert-OH is 1. The molecule has 4 amide bonds. The minimum Gasteiger partial charge on any atom is -0.481 e. The maximum atomic E-state index is 12.7. The first-order valence-electron chi connectivity index (χ1n) is 9.73. The molecule has 5 atom stereocenters. The summed E-state index contributed by atoms with van der Waals surface area (Å²) in [6.45, 7) is 4.64. The zero-order valence-corrected chi connectivity index (χ0v) is 18.0. The molecule has 182 valence electrons. The monoisotopic (exact) mass is 461 g/mol. The molecule has 0 aromatic rings. The number of carboxylic acids is 2. The van der Waals surface area contributed by atoms with Crippen LogP contribution in [0.15, 0.2) is 0 Å². The maximum absolute atomic E-state index is 12.7. The predicted octanol–water partition coefficient (Wildman–Crippen LogP) is -3.37. The molecule has 0 heterocycles. The number of nitrogens with one attached hydrogen (secondary N) is 3. The Labute approximate surface area is 184 Å². The highest BCUT2D eigenvalue weighted by Gasteiger charge is 2.33. The zero-order chi connectivity index (χ0) is 25.2. The molecule has 0 aromatic heterocycles. The number of nitrogens with two attached hydrogens (primary N) is 2. The summed E-state index contributed by atoms with van der Waals surface area (Å²) in [5.74, 6) is -6.87. The van der Waals surface area contributed by atoms with Crippen molar-refractivity contribution in [2.45, 2.75) is 70.3 Å². The van der Waals surface area contributed by atoms with Crippen LogP contribution >= 0.6 is 0 Å². The number of carbonyl (C=O) groups is 6. The molecule has 0 spiro atoms. The Balaban J connectivity index is 5.45. The van der Waals surface area contributed by atoms with E-state index in [1.807, 2.05) is 5.32 Å². The number of aliphatic hydroxyl groups is 1. The SMILES string of the molecule is CC(C)CC(NC(=O)C(N)CC(=O)O)C(=O)NC(C(=O)NC(CC(N)=O)C(=O)O)C(C)O. The lowest BCUT2D eigenvalue weighted by atomic mass is 10.0. The molecule has 0 saturated carbocycles. The first kappa shape index (κ1) is 28.7. The number of hydrogen-bond donors (Lipinski definition) is 8. The summed E-state index contributed by atoms with van der Waals surface area (Å²) in [6, 6.07) is -5.96. The average molecular weight is 461 g/mol. The van der Waals surface area contributed by atoms with Crippen LogP contribution in [0.5, 0.6) is 0 Å². The van der Waals surface area contributed by atoms with Crippen LogP contribution in [0.4, 0.5) is 0 Å². The zero-order valence-electron chi connectivity index (χ0n) is 18.0. The van der Waals surface area contributed by atoms with Crippen LogP contribution in [0.3, 0.4) is 0 Å². The summed E-state index contributed by atoms with van der Waals surface area (Å²) < 4.78 is 0. The normalized spacial score (nSPS) is 15.6. The topological polar surface area (TPSA) is 251 Å². The molecule has 0 fully saturated rings. The van der Waals surface area contributed by atoms with Crippen molar-refractivity contribution >= 4 is 35.6 Å². The summed E-state index contributed by atoms with van der Waals surface area (Å²) in [5.41, 5.74) is 10.4. The Bertz CT molecular complexity index is 726. The first-order valence-corrected chi connectivity index (χ1v) is 9.73.